The van der Waals surface area contributed by atoms with Crippen molar-refractivity contribution in [3.63, 3.8) is 0 Å². The number of hydrogen-bond acceptors (Lipinski definition) is 3. The van der Waals surface area contributed by atoms with E-state index in [0.29, 0.717) is 17.9 Å². The van der Waals surface area contributed by atoms with Crippen molar-refractivity contribution in [2.24, 2.45) is 0 Å². The molecule has 0 aromatic heterocycles. The van der Waals surface area contributed by atoms with Crippen LogP contribution in [0.1, 0.15) is 24.2 Å². The fraction of sp³-hybridized carbons (Fsp3) is 0.316. The zero-order chi connectivity index (χ0) is 16.4. The Morgan fingerprint density at radius 2 is 1.78 bits per heavy atom. The standard InChI is InChI=1S/C19H22N2O2/c1-4-20-14(2)13-21(17-11-7-6-10-16(17)20)19(22)15-9-5-8-12-18(15)23-3/h5-12,14H,4,13H2,1-3H3. The molecule has 120 valence electrons. The molecule has 1 aliphatic rings. The Morgan fingerprint density at radius 1 is 1.13 bits per heavy atom. The van der Waals surface area contributed by atoms with Crippen LogP contribution in [-0.4, -0.2) is 32.1 Å². The van der Waals surface area contributed by atoms with Crippen molar-refractivity contribution in [1.82, 2.24) is 0 Å². The van der Waals surface area contributed by atoms with Crippen LogP contribution in [-0.2, 0) is 0 Å². The van der Waals surface area contributed by atoms with Gasteiger partial charge in [-0.05, 0) is 38.1 Å². The Morgan fingerprint density at radius 3 is 2.48 bits per heavy atom. The van der Waals surface area contributed by atoms with E-state index in [1.807, 2.05) is 47.4 Å². The van der Waals surface area contributed by atoms with Gasteiger partial charge in [0.05, 0.1) is 24.0 Å². The summed E-state index contributed by atoms with van der Waals surface area (Å²) < 4.78 is 5.36. The quantitative estimate of drug-likeness (QED) is 0.869. The lowest BCUT2D eigenvalue weighted by Gasteiger charge is -2.42. The Bertz CT molecular complexity index is 714. The molecule has 23 heavy (non-hydrogen) atoms. The molecule has 1 heterocycles. The molecule has 0 saturated carbocycles. The smallest absolute Gasteiger partial charge is 0.262 e. The zero-order valence-corrected chi connectivity index (χ0v) is 13.8. The van der Waals surface area contributed by atoms with E-state index in [-0.39, 0.29) is 11.9 Å². The van der Waals surface area contributed by atoms with Gasteiger partial charge < -0.3 is 14.5 Å². The van der Waals surface area contributed by atoms with E-state index in [2.05, 4.69) is 24.8 Å². The monoisotopic (exact) mass is 310 g/mol. The highest BCUT2D eigenvalue weighted by molar-refractivity contribution is 6.10. The fourth-order valence-corrected chi connectivity index (χ4v) is 3.27. The van der Waals surface area contributed by atoms with E-state index >= 15 is 0 Å². The summed E-state index contributed by atoms with van der Waals surface area (Å²) >= 11 is 0. The lowest BCUT2D eigenvalue weighted by molar-refractivity contribution is 0.0981. The Balaban J connectivity index is 2.04. The van der Waals surface area contributed by atoms with Crippen LogP contribution in [0.25, 0.3) is 0 Å². The molecule has 0 saturated heterocycles. The van der Waals surface area contributed by atoms with Crippen LogP contribution in [0, 0.1) is 0 Å². The molecule has 0 fully saturated rings. The van der Waals surface area contributed by atoms with E-state index < -0.39 is 0 Å². The van der Waals surface area contributed by atoms with Gasteiger partial charge in [0.25, 0.3) is 5.91 Å². The van der Waals surface area contributed by atoms with Crippen LogP contribution >= 0.6 is 0 Å². The molecular weight excluding hydrogens is 288 g/mol. The first-order chi connectivity index (χ1) is 11.2. The van der Waals surface area contributed by atoms with Gasteiger partial charge in [0.15, 0.2) is 0 Å². The summed E-state index contributed by atoms with van der Waals surface area (Å²) in [5, 5.41) is 0. The number of likely N-dealkylation sites (N-methyl/N-ethyl adjacent to an activating group) is 1. The van der Waals surface area contributed by atoms with E-state index in [1.54, 1.807) is 7.11 Å². The topological polar surface area (TPSA) is 32.8 Å². The minimum Gasteiger partial charge on any atom is -0.496 e. The van der Waals surface area contributed by atoms with Crippen molar-refractivity contribution in [1.29, 1.82) is 0 Å². The van der Waals surface area contributed by atoms with Crippen LogP contribution in [0.15, 0.2) is 48.5 Å². The number of ether oxygens (including phenoxy) is 1. The van der Waals surface area contributed by atoms with Crippen molar-refractivity contribution >= 4 is 17.3 Å². The summed E-state index contributed by atoms with van der Waals surface area (Å²) in [6, 6.07) is 15.7. The molecule has 0 spiro atoms. The number of anilines is 2. The van der Waals surface area contributed by atoms with Gasteiger partial charge in [0.2, 0.25) is 0 Å². The van der Waals surface area contributed by atoms with Crippen molar-refractivity contribution in [2.75, 3.05) is 30.0 Å². The molecule has 0 N–H and O–H groups in total. The molecule has 1 unspecified atom stereocenters. The number of carbonyl (C=O) groups excluding carboxylic acids is 1. The third kappa shape index (κ3) is 2.65. The van der Waals surface area contributed by atoms with Gasteiger partial charge in [-0.3, -0.25) is 4.79 Å². The molecule has 4 heteroatoms. The third-order valence-corrected chi connectivity index (χ3v) is 4.38. The number of fused-ring (bicyclic) bond motifs is 1. The first-order valence-corrected chi connectivity index (χ1v) is 7.98. The maximum absolute atomic E-state index is 13.1. The molecule has 1 atom stereocenters. The second-order valence-electron chi connectivity index (χ2n) is 5.74. The maximum Gasteiger partial charge on any atom is 0.262 e. The zero-order valence-electron chi connectivity index (χ0n) is 13.8. The van der Waals surface area contributed by atoms with Gasteiger partial charge in [0.1, 0.15) is 5.75 Å². The predicted molar refractivity (Wildman–Crippen MR) is 93.6 cm³/mol. The Labute approximate surface area is 137 Å². The van der Waals surface area contributed by atoms with E-state index in [4.69, 9.17) is 4.74 Å². The molecule has 4 nitrogen and oxygen atoms in total. The third-order valence-electron chi connectivity index (χ3n) is 4.38. The number of para-hydroxylation sites is 3. The molecule has 2 aromatic rings. The number of hydrogen-bond donors (Lipinski definition) is 0. The highest BCUT2D eigenvalue weighted by atomic mass is 16.5. The number of methoxy groups -OCH3 is 1. The lowest BCUT2D eigenvalue weighted by Crippen LogP contribution is -2.49. The maximum atomic E-state index is 13.1. The van der Waals surface area contributed by atoms with Crippen molar-refractivity contribution < 1.29 is 9.53 Å². The largest absolute Gasteiger partial charge is 0.496 e. The molecule has 0 radical (unpaired) electrons. The van der Waals surface area contributed by atoms with Gasteiger partial charge in [-0.15, -0.1) is 0 Å². The van der Waals surface area contributed by atoms with Gasteiger partial charge in [-0.25, -0.2) is 0 Å². The molecule has 0 aliphatic carbocycles. The number of nitrogens with zero attached hydrogens (tertiary/aromatic N) is 2. The normalized spacial score (nSPS) is 16.9. The average molecular weight is 310 g/mol. The van der Waals surface area contributed by atoms with Crippen molar-refractivity contribution in [2.45, 2.75) is 19.9 Å². The minimum absolute atomic E-state index is 0.0162. The van der Waals surface area contributed by atoms with Gasteiger partial charge in [-0.1, -0.05) is 24.3 Å². The number of rotatable bonds is 3. The fourth-order valence-electron chi connectivity index (χ4n) is 3.27. The summed E-state index contributed by atoms with van der Waals surface area (Å²) in [4.78, 5) is 17.3. The van der Waals surface area contributed by atoms with Crippen molar-refractivity contribution in [3.8, 4) is 5.75 Å². The van der Waals surface area contributed by atoms with E-state index in [0.717, 1.165) is 17.9 Å². The molecule has 1 aliphatic heterocycles. The van der Waals surface area contributed by atoms with Crippen LogP contribution < -0.4 is 14.5 Å². The number of amides is 1. The van der Waals surface area contributed by atoms with Crippen molar-refractivity contribution in [3.05, 3.63) is 54.1 Å². The summed E-state index contributed by atoms with van der Waals surface area (Å²) in [6.45, 7) is 5.89. The van der Waals surface area contributed by atoms with Crippen LogP contribution in [0.3, 0.4) is 0 Å². The SMILES string of the molecule is CCN1c2ccccc2N(C(=O)c2ccccc2OC)CC1C. The highest BCUT2D eigenvalue weighted by Crippen LogP contribution is 2.36. The molecule has 3 rings (SSSR count). The van der Waals surface area contributed by atoms with E-state index in [1.165, 1.54) is 0 Å². The van der Waals surface area contributed by atoms with Crippen LogP contribution in [0.4, 0.5) is 11.4 Å². The lowest BCUT2D eigenvalue weighted by atomic mass is 10.1. The average Bonchev–Trinajstić information content (AvgIpc) is 2.60. The summed E-state index contributed by atoms with van der Waals surface area (Å²) in [5.41, 5.74) is 2.67. The summed E-state index contributed by atoms with van der Waals surface area (Å²) in [5.74, 6) is 0.595. The second kappa shape index (κ2) is 6.32. The molecular formula is C19H22N2O2. The predicted octanol–water partition coefficient (Wildman–Crippen LogP) is 3.57. The number of carbonyl (C=O) groups is 1. The summed E-state index contributed by atoms with van der Waals surface area (Å²) in [7, 11) is 1.59. The molecule has 0 bridgehead atoms. The second-order valence-corrected chi connectivity index (χ2v) is 5.74. The van der Waals surface area contributed by atoms with Crippen LogP contribution in [0.2, 0.25) is 0 Å². The van der Waals surface area contributed by atoms with Gasteiger partial charge in [-0.2, -0.15) is 0 Å². The van der Waals surface area contributed by atoms with Gasteiger partial charge in [0, 0.05) is 19.1 Å². The first-order valence-electron chi connectivity index (χ1n) is 7.98. The first kappa shape index (κ1) is 15.4. The Kier molecular flexibility index (Phi) is 4.24. The molecule has 1 amide bonds. The minimum atomic E-state index is -0.0162. The Hall–Kier alpha value is -2.49. The molecule has 2 aromatic carbocycles. The van der Waals surface area contributed by atoms with Gasteiger partial charge >= 0.3 is 0 Å². The number of benzene rings is 2. The van der Waals surface area contributed by atoms with Crippen LogP contribution in [0.5, 0.6) is 5.75 Å². The van der Waals surface area contributed by atoms with E-state index in [9.17, 15) is 4.79 Å². The summed E-state index contributed by atoms with van der Waals surface area (Å²) in [6.07, 6.45) is 0. The highest BCUT2D eigenvalue weighted by Gasteiger charge is 2.31.